The number of methoxy groups -OCH3 is 1. The van der Waals surface area contributed by atoms with Gasteiger partial charge in [-0.05, 0) is 6.42 Å². The van der Waals surface area contributed by atoms with Crippen LogP contribution in [-0.2, 0) is 16.0 Å². The van der Waals surface area contributed by atoms with Gasteiger partial charge in [0, 0.05) is 37.8 Å². The van der Waals surface area contributed by atoms with Crippen LogP contribution < -0.4 is 5.73 Å². The molecule has 1 fully saturated rings. The van der Waals surface area contributed by atoms with Crippen molar-refractivity contribution in [1.29, 1.82) is 0 Å². The minimum Gasteiger partial charge on any atom is -0.382 e. The van der Waals surface area contributed by atoms with Gasteiger partial charge in [-0.3, -0.25) is 4.90 Å². The van der Waals surface area contributed by atoms with Crippen molar-refractivity contribution in [3.63, 3.8) is 0 Å². The summed E-state index contributed by atoms with van der Waals surface area (Å²) in [6, 6.07) is 0. The summed E-state index contributed by atoms with van der Waals surface area (Å²) >= 11 is 1.56. The molecule has 2 heterocycles. The molecule has 7 heteroatoms. The van der Waals surface area contributed by atoms with Crippen LogP contribution in [0.5, 0.6) is 0 Å². The molecule has 1 aliphatic heterocycles. The predicted octanol–water partition coefficient (Wildman–Crippen LogP) is 1.38. The maximum atomic E-state index is 5.71. The Morgan fingerprint density at radius 1 is 1.56 bits per heavy atom. The summed E-state index contributed by atoms with van der Waals surface area (Å²) in [6.45, 7) is 4.35. The van der Waals surface area contributed by atoms with Crippen LogP contribution in [-0.4, -0.2) is 49.4 Å². The fourth-order valence-corrected chi connectivity index (χ4v) is 2.72. The number of nitrogen functional groups attached to an aromatic ring is 1. The highest BCUT2D eigenvalue weighted by molar-refractivity contribution is 7.15. The van der Waals surface area contributed by atoms with Gasteiger partial charge < -0.3 is 15.2 Å². The van der Waals surface area contributed by atoms with E-state index in [9.17, 15) is 0 Å². The first kappa shape index (κ1) is 15.7. The molecule has 0 aliphatic carbocycles. The van der Waals surface area contributed by atoms with E-state index in [1.807, 2.05) is 6.20 Å². The summed E-state index contributed by atoms with van der Waals surface area (Å²) in [4.78, 5) is 7.66. The van der Waals surface area contributed by atoms with Gasteiger partial charge in [-0.1, -0.05) is 0 Å². The molecule has 1 aromatic rings. The van der Waals surface area contributed by atoms with Crippen molar-refractivity contribution in [3.8, 4) is 0 Å². The minimum absolute atomic E-state index is 0. The van der Waals surface area contributed by atoms with E-state index in [1.165, 1.54) is 4.88 Å². The summed E-state index contributed by atoms with van der Waals surface area (Å²) < 4.78 is 10.7. The maximum Gasteiger partial charge on any atom is 0.180 e. The molecule has 0 bridgehead atoms. The lowest BCUT2D eigenvalue weighted by molar-refractivity contribution is 0.0219. The minimum atomic E-state index is 0. The van der Waals surface area contributed by atoms with Crippen LogP contribution >= 0.6 is 23.7 Å². The average molecular weight is 294 g/mol. The van der Waals surface area contributed by atoms with Crippen molar-refractivity contribution in [2.45, 2.75) is 19.1 Å². The molecule has 2 rings (SSSR count). The van der Waals surface area contributed by atoms with Crippen molar-refractivity contribution < 1.29 is 9.47 Å². The Kier molecular flexibility index (Phi) is 6.88. The Morgan fingerprint density at radius 2 is 2.39 bits per heavy atom. The standard InChI is InChI=1S/C11H19N3O2S.ClH/c1-15-4-5-16-9-2-3-14(7-9)8-10-6-13-11(12)17-10;/h6,9H,2-5,7-8H2,1H3,(H2,12,13);1H. The third kappa shape index (κ3) is 4.70. The third-order valence-corrected chi connectivity index (χ3v) is 3.63. The molecule has 0 aromatic carbocycles. The number of halogens is 1. The van der Waals surface area contributed by atoms with Crippen LogP contribution in [0.25, 0.3) is 0 Å². The number of likely N-dealkylation sites (tertiary alicyclic amines) is 1. The van der Waals surface area contributed by atoms with Crippen molar-refractivity contribution in [1.82, 2.24) is 9.88 Å². The lowest BCUT2D eigenvalue weighted by Gasteiger charge is -2.14. The van der Waals surface area contributed by atoms with Crippen LogP contribution in [0.1, 0.15) is 11.3 Å². The van der Waals surface area contributed by atoms with Crippen molar-refractivity contribution in [2.24, 2.45) is 0 Å². The first-order chi connectivity index (χ1) is 8.28. The second-order valence-corrected chi connectivity index (χ2v) is 5.32. The zero-order valence-electron chi connectivity index (χ0n) is 10.5. The second-order valence-electron chi connectivity index (χ2n) is 4.17. The smallest absolute Gasteiger partial charge is 0.180 e. The van der Waals surface area contributed by atoms with Crippen LogP contribution in [0, 0.1) is 0 Å². The number of nitrogens with two attached hydrogens (primary N) is 1. The van der Waals surface area contributed by atoms with E-state index in [0.29, 0.717) is 24.4 Å². The highest BCUT2D eigenvalue weighted by Gasteiger charge is 2.23. The van der Waals surface area contributed by atoms with Crippen LogP contribution in [0.4, 0.5) is 5.13 Å². The Balaban J connectivity index is 0.00000162. The average Bonchev–Trinajstić information content (AvgIpc) is 2.90. The summed E-state index contributed by atoms with van der Waals surface area (Å²) in [7, 11) is 1.69. The van der Waals surface area contributed by atoms with Crippen molar-refractivity contribution >= 4 is 28.9 Å². The first-order valence-electron chi connectivity index (χ1n) is 5.81. The highest BCUT2D eigenvalue weighted by atomic mass is 35.5. The number of ether oxygens (including phenoxy) is 2. The molecule has 0 amide bonds. The summed E-state index contributed by atoms with van der Waals surface area (Å²) in [5.41, 5.74) is 5.61. The van der Waals surface area contributed by atoms with Gasteiger partial charge in [-0.15, -0.1) is 23.7 Å². The monoisotopic (exact) mass is 293 g/mol. The largest absolute Gasteiger partial charge is 0.382 e. The van der Waals surface area contributed by atoms with E-state index in [2.05, 4.69) is 9.88 Å². The Morgan fingerprint density at radius 3 is 3.06 bits per heavy atom. The Labute approximate surface area is 118 Å². The Bertz CT molecular complexity index is 351. The highest BCUT2D eigenvalue weighted by Crippen LogP contribution is 2.20. The summed E-state index contributed by atoms with van der Waals surface area (Å²) in [6.07, 6.45) is 3.30. The summed E-state index contributed by atoms with van der Waals surface area (Å²) in [5.74, 6) is 0. The molecule has 18 heavy (non-hydrogen) atoms. The number of aromatic nitrogens is 1. The van der Waals surface area contributed by atoms with Crippen LogP contribution in [0.2, 0.25) is 0 Å². The molecule has 1 aromatic heterocycles. The van der Waals surface area contributed by atoms with Gasteiger partial charge in [0.2, 0.25) is 0 Å². The summed E-state index contributed by atoms with van der Waals surface area (Å²) in [5, 5.41) is 0.645. The lowest BCUT2D eigenvalue weighted by atomic mass is 10.3. The van der Waals surface area contributed by atoms with Crippen LogP contribution in [0.15, 0.2) is 6.20 Å². The maximum absolute atomic E-state index is 5.71. The van der Waals surface area contributed by atoms with Gasteiger partial charge >= 0.3 is 0 Å². The molecule has 1 saturated heterocycles. The van der Waals surface area contributed by atoms with Crippen LogP contribution in [0.3, 0.4) is 0 Å². The SMILES string of the molecule is COCCOC1CCN(Cc2cnc(N)s2)C1.Cl. The molecular weight excluding hydrogens is 274 g/mol. The number of hydrogen-bond donors (Lipinski definition) is 1. The van der Waals surface area contributed by atoms with Gasteiger partial charge in [-0.2, -0.15) is 0 Å². The number of anilines is 1. The van der Waals surface area contributed by atoms with E-state index in [4.69, 9.17) is 15.2 Å². The molecule has 0 spiro atoms. The molecule has 0 saturated carbocycles. The topological polar surface area (TPSA) is 60.6 Å². The fraction of sp³-hybridized carbons (Fsp3) is 0.727. The van der Waals surface area contributed by atoms with Crippen molar-refractivity contribution in [2.75, 3.05) is 39.1 Å². The van der Waals surface area contributed by atoms with Gasteiger partial charge in [-0.25, -0.2) is 4.98 Å². The number of thiazole rings is 1. The zero-order valence-corrected chi connectivity index (χ0v) is 12.1. The molecule has 2 N–H and O–H groups in total. The molecule has 5 nitrogen and oxygen atoms in total. The number of nitrogens with zero attached hydrogens (tertiary/aromatic N) is 2. The van der Waals surface area contributed by atoms with E-state index < -0.39 is 0 Å². The van der Waals surface area contributed by atoms with E-state index in [1.54, 1.807) is 18.4 Å². The zero-order chi connectivity index (χ0) is 12.1. The number of rotatable bonds is 6. The van der Waals surface area contributed by atoms with Gasteiger partial charge in [0.15, 0.2) is 5.13 Å². The fourth-order valence-electron chi connectivity index (χ4n) is 1.99. The molecule has 1 unspecified atom stereocenters. The predicted molar refractivity (Wildman–Crippen MR) is 75.3 cm³/mol. The van der Waals surface area contributed by atoms with Gasteiger partial charge in [0.05, 0.1) is 19.3 Å². The lowest BCUT2D eigenvalue weighted by Crippen LogP contribution is -2.23. The normalized spacial score (nSPS) is 19.9. The molecular formula is C11H20ClN3O2S. The van der Waals surface area contributed by atoms with E-state index in [0.717, 1.165) is 26.1 Å². The van der Waals surface area contributed by atoms with Crippen molar-refractivity contribution in [3.05, 3.63) is 11.1 Å². The number of hydrogen-bond acceptors (Lipinski definition) is 6. The Hall–Kier alpha value is -0.400. The molecule has 1 aliphatic rings. The molecule has 104 valence electrons. The molecule has 0 radical (unpaired) electrons. The first-order valence-corrected chi connectivity index (χ1v) is 6.62. The quantitative estimate of drug-likeness (QED) is 0.803. The van der Waals surface area contributed by atoms with Gasteiger partial charge in [0.25, 0.3) is 0 Å². The van der Waals surface area contributed by atoms with E-state index >= 15 is 0 Å². The third-order valence-electron chi connectivity index (χ3n) is 2.82. The van der Waals surface area contributed by atoms with Gasteiger partial charge in [0.1, 0.15) is 0 Å². The second kappa shape index (κ2) is 7.91. The molecule has 1 atom stereocenters. The van der Waals surface area contributed by atoms with E-state index in [-0.39, 0.29) is 12.4 Å².